The average molecular weight is 274 g/mol. The zero-order valence-electron chi connectivity index (χ0n) is 9.93. The number of hydrogen-bond acceptors (Lipinski definition) is 5. The molecule has 1 fully saturated rings. The van der Waals surface area contributed by atoms with Crippen LogP contribution in [0.25, 0.3) is 0 Å². The number of anilines is 1. The van der Waals surface area contributed by atoms with Crippen LogP contribution in [0.1, 0.15) is 12.8 Å². The van der Waals surface area contributed by atoms with E-state index in [4.69, 9.17) is 21.4 Å². The number of aromatic nitrogens is 2. The lowest BCUT2D eigenvalue weighted by Crippen LogP contribution is -2.27. The Balaban J connectivity index is 2.04. The fraction of sp³-hybridized carbons (Fsp3) is 0.636. The monoisotopic (exact) mass is 273 g/mol. The molecule has 100 valence electrons. The van der Waals surface area contributed by atoms with Gasteiger partial charge in [0.2, 0.25) is 0 Å². The van der Waals surface area contributed by atoms with E-state index in [0.29, 0.717) is 12.2 Å². The maximum absolute atomic E-state index is 11.8. The van der Waals surface area contributed by atoms with Crippen molar-refractivity contribution in [2.75, 3.05) is 25.1 Å². The molecule has 0 radical (unpaired) electrons. The molecule has 18 heavy (non-hydrogen) atoms. The molecular formula is C11H16ClN3O3. The van der Waals surface area contributed by atoms with E-state index in [1.165, 1.54) is 6.20 Å². The second kappa shape index (κ2) is 6.17. The van der Waals surface area contributed by atoms with Crippen molar-refractivity contribution in [3.8, 4) is 0 Å². The molecule has 1 aliphatic heterocycles. The minimum absolute atomic E-state index is 0.0939. The van der Waals surface area contributed by atoms with Gasteiger partial charge in [0.25, 0.3) is 5.56 Å². The Hall–Kier alpha value is -1.11. The van der Waals surface area contributed by atoms with Crippen LogP contribution in [0.5, 0.6) is 0 Å². The van der Waals surface area contributed by atoms with E-state index in [-0.39, 0.29) is 24.3 Å². The van der Waals surface area contributed by atoms with E-state index in [9.17, 15) is 4.79 Å². The van der Waals surface area contributed by atoms with Gasteiger partial charge in [-0.2, -0.15) is 5.10 Å². The van der Waals surface area contributed by atoms with Gasteiger partial charge in [0.1, 0.15) is 5.02 Å². The van der Waals surface area contributed by atoms with Crippen molar-refractivity contribution in [3.63, 3.8) is 0 Å². The summed E-state index contributed by atoms with van der Waals surface area (Å²) in [5, 5.41) is 15.9. The third-order valence-corrected chi connectivity index (χ3v) is 3.21. The first-order valence-electron chi connectivity index (χ1n) is 5.94. The molecule has 1 unspecified atom stereocenters. The lowest BCUT2D eigenvalue weighted by Gasteiger charge is -2.13. The van der Waals surface area contributed by atoms with Gasteiger partial charge in [0.15, 0.2) is 0 Å². The van der Waals surface area contributed by atoms with Gasteiger partial charge in [-0.1, -0.05) is 11.6 Å². The summed E-state index contributed by atoms with van der Waals surface area (Å²) in [6.45, 7) is 1.40. The summed E-state index contributed by atoms with van der Waals surface area (Å²) in [6.07, 6.45) is 3.74. The molecule has 1 aliphatic rings. The van der Waals surface area contributed by atoms with Crippen molar-refractivity contribution in [3.05, 3.63) is 21.6 Å². The highest BCUT2D eigenvalue weighted by Crippen LogP contribution is 2.17. The van der Waals surface area contributed by atoms with Gasteiger partial charge in [-0.05, 0) is 12.8 Å². The Labute approximate surface area is 110 Å². The maximum Gasteiger partial charge on any atom is 0.287 e. The van der Waals surface area contributed by atoms with Crippen molar-refractivity contribution in [2.24, 2.45) is 0 Å². The first kappa shape index (κ1) is 13.3. The SMILES string of the molecule is O=c1c(Cl)c(NCC2CCCO2)cnn1CCO. The van der Waals surface area contributed by atoms with Gasteiger partial charge in [-0.3, -0.25) is 4.79 Å². The fourth-order valence-corrected chi connectivity index (χ4v) is 2.08. The molecule has 1 aromatic rings. The molecule has 1 atom stereocenters. The lowest BCUT2D eigenvalue weighted by atomic mass is 10.2. The molecule has 0 saturated carbocycles. The predicted octanol–water partition coefficient (Wildman–Crippen LogP) is 0.480. The highest BCUT2D eigenvalue weighted by molar-refractivity contribution is 6.32. The normalized spacial score (nSPS) is 19.1. The Morgan fingerprint density at radius 3 is 3.17 bits per heavy atom. The van der Waals surface area contributed by atoms with Crippen LogP contribution in [0.15, 0.2) is 11.0 Å². The van der Waals surface area contributed by atoms with Gasteiger partial charge < -0.3 is 15.2 Å². The summed E-state index contributed by atoms with van der Waals surface area (Å²) in [5.74, 6) is 0. The van der Waals surface area contributed by atoms with Crippen LogP contribution >= 0.6 is 11.6 Å². The minimum atomic E-state index is -0.400. The number of ether oxygens (including phenoxy) is 1. The Morgan fingerprint density at radius 1 is 1.67 bits per heavy atom. The third kappa shape index (κ3) is 3.01. The zero-order chi connectivity index (χ0) is 13.0. The molecule has 2 N–H and O–H groups in total. The predicted molar refractivity (Wildman–Crippen MR) is 68.1 cm³/mol. The molecule has 0 aliphatic carbocycles. The van der Waals surface area contributed by atoms with Gasteiger partial charge in [-0.25, -0.2) is 4.68 Å². The summed E-state index contributed by atoms with van der Waals surface area (Å²) < 4.78 is 6.60. The number of rotatable bonds is 5. The van der Waals surface area contributed by atoms with Crippen LogP contribution in [0.4, 0.5) is 5.69 Å². The average Bonchev–Trinajstić information content (AvgIpc) is 2.87. The van der Waals surface area contributed by atoms with Crippen LogP contribution in [0.2, 0.25) is 5.02 Å². The Bertz CT molecular complexity index is 457. The Morgan fingerprint density at radius 2 is 2.50 bits per heavy atom. The zero-order valence-corrected chi connectivity index (χ0v) is 10.7. The molecule has 6 nitrogen and oxygen atoms in total. The molecule has 1 aromatic heterocycles. The Kier molecular flexibility index (Phi) is 4.57. The van der Waals surface area contributed by atoms with Crippen molar-refractivity contribution in [1.29, 1.82) is 0 Å². The highest BCUT2D eigenvalue weighted by atomic mass is 35.5. The van der Waals surface area contributed by atoms with E-state index in [1.54, 1.807) is 0 Å². The largest absolute Gasteiger partial charge is 0.394 e. The summed E-state index contributed by atoms with van der Waals surface area (Å²) in [4.78, 5) is 11.8. The fourth-order valence-electron chi connectivity index (χ4n) is 1.87. The van der Waals surface area contributed by atoms with Gasteiger partial charge >= 0.3 is 0 Å². The van der Waals surface area contributed by atoms with Crippen molar-refractivity contribution in [1.82, 2.24) is 9.78 Å². The topological polar surface area (TPSA) is 76.4 Å². The van der Waals surface area contributed by atoms with E-state index in [2.05, 4.69) is 10.4 Å². The highest BCUT2D eigenvalue weighted by Gasteiger charge is 2.16. The van der Waals surface area contributed by atoms with Crippen LogP contribution in [-0.2, 0) is 11.3 Å². The van der Waals surface area contributed by atoms with Crippen LogP contribution in [-0.4, -0.2) is 40.7 Å². The molecule has 2 heterocycles. The molecule has 0 spiro atoms. The second-order valence-corrected chi connectivity index (χ2v) is 4.52. The van der Waals surface area contributed by atoms with Gasteiger partial charge in [0.05, 0.1) is 31.1 Å². The first-order valence-corrected chi connectivity index (χ1v) is 6.32. The molecule has 7 heteroatoms. The summed E-state index contributed by atoms with van der Waals surface area (Å²) in [6, 6.07) is 0. The first-order chi connectivity index (χ1) is 8.72. The standard InChI is InChI=1S/C11H16ClN3O3/c12-10-9(13-6-8-2-1-5-18-8)7-14-15(3-4-16)11(10)17/h7-8,13,16H,1-6H2. The smallest absolute Gasteiger partial charge is 0.287 e. The van der Waals surface area contributed by atoms with Crippen molar-refractivity contribution in [2.45, 2.75) is 25.5 Å². The second-order valence-electron chi connectivity index (χ2n) is 4.14. The van der Waals surface area contributed by atoms with E-state index >= 15 is 0 Å². The van der Waals surface area contributed by atoms with Crippen molar-refractivity contribution >= 4 is 17.3 Å². The number of hydrogen-bond donors (Lipinski definition) is 2. The quantitative estimate of drug-likeness (QED) is 0.816. The molecule has 1 saturated heterocycles. The van der Waals surface area contributed by atoms with Crippen LogP contribution in [0.3, 0.4) is 0 Å². The third-order valence-electron chi connectivity index (χ3n) is 2.84. The van der Waals surface area contributed by atoms with Crippen molar-refractivity contribution < 1.29 is 9.84 Å². The number of aliphatic hydroxyl groups excluding tert-OH is 1. The summed E-state index contributed by atoms with van der Waals surface area (Å²) >= 11 is 5.96. The number of halogens is 1. The number of nitrogens with zero attached hydrogens (tertiary/aromatic N) is 2. The number of nitrogens with one attached hydrogen (secondary N) is 1. The van der Waals surface area contributed by atoms with Crippen LogP contribution in [0, 0.1) is 0 Å². The van der Waals surface area contributed by atoms with Crippen LogP contribution < -0.4 is 10.9 Å². The summed E-state index contributed by atoms with van der Waals surface area (Å²) in [7, 11) is 0. The molecule has 2 rings (SSSR count). The molecule has 0 bridgehead atoms. The molecule has 0 aromatic carbocycles. The maximum atomic E-state index is 11.8. The minimum Gasteiger partial charge on any atom is -0.394 e. The molecule has 0 amide bonds. The van der Waals surface area contributed by atoms with Gasteiger partial charge in [-0.15, -0.1) is 0 Å². The summed E-state index contributed by atoms with van der Waals surface area (Å²) in [5.41, 5.74) is 0.106. The number of aliphatic hydroxyl groups is 1. The van der Waals surface area contributed by atoms with E-state index < -0.39 is 5.56 Å². The molecular weight excluding hydrogens is 258 g/mol. The van der Waals surface area contributed by atoms with E-state index in [1.807, 2.05) is 0 Å². The lowest BCUT2D eigenvalue weighted by molar-refractivity contribution is 0.120. The van der Waals surface area contributed by atoms with Gasteiger partial charge in [0, 0.05) is 13.2 Å². The van der Waals surface area contributed by atoms with E-state index in [0.717, 1.165) is 24.1 Å².